The minimum atomic E-state index is -0.797. The zero-order chi connectivity index (χ0) is 13.4. The van der Waals surface area contributed by atoms with Gasteiger partial charge in [-0.3, -0.25) is 9.59 Å². The van der Waals surface area contributed by atoms with Crippen molar-refractivity contribution in [1.29, 1.82) is 0 Å². The van der Waals surface area contributed by atoms with Gasteiger partial charge >= 0.3 is 5.97 Å². The Morgan fingerprint density at radius 1 is 1.39 bits per heavy atom. The molecule has 0 spiro atoms. The van der Waals surface area contributed by atoms with Crippen molar-refractivity contribution in [2.75, 3.05) is 19.6 Å². The normalized spacial score (nSPS) is 18.3. The number of rotatable bonds is 7. The smallest absolute Gasteiger partial charge is 0.303 e. The number of hydrogen-bond donors (Lipinski definition) is 3. The molecule has 0 aromatic heterocycles. The van der Waals surface area contributed by atoms with Crippen LogP contribution in [-0.2, 0) is 9.59 Å². The van der Waals surface area contributed by atoms with E-state index < -0.39 is 5.97 Å². The first-order chi connectivity index (χ1) is 8.61. The van der Waals surface area contributed by atoms with Crippen molar-refractivity contribution in [2.24, 2.45) is 11.8 Å². The molecule has 18 heavy (non-hydrogen) atoms. The Labute approximate surface area is 108 Å². The molecule has 1 fully saturated rings. The summed E-state index contributed by atoms with van der Waals surface area (Å²) < 4.78 is 0. The maximum atomic E-state index is 11.7. The molecule has 1 amide bonds. The molecule has 1 unspecified atom stereocenters. The Kier molecular flexibility index (Phi) is 6.72. The number of hydrogen-bond acceptors (Lipinski definition) is 3. The Hall–Kier alpha value is -1.10. The fraction of sp³-hybridized carbons (Fsp3) is 0.846. The summed E-state index contributed by atoms with van der Waals surface area (Å²) in [6.07, 6.45) is 3.59. The summed E-state index contributed by atoms with van der Waals surface area (Å²) in [6, 6.07) is 0. The van der Waals surface area contributed by atoms with E-state index in [1.807, 2.05) is 6.92 Å². The molecule has 1 atom stereocenters. The van der Waals surface area contributed by atoms with E-state index in [0.717, 1.165) is 32.4 Å². The third kappa shape index (κ3) is 6.00. The molecule has 1 aliphatic rings. The summed E-state index contributed by atoms with van der Waals surface area (Å²) in [4.78, 5) is 22.3. The second kappa shape index (κ2) is 8.08. The van der Waals surface area contributed by atoms with E-state index >= 15 is 0 Å². The Balaban J connectivity index is 2.20. The molecule has 5 heteroatoms. The van der Waals surface area contributed by atoms with Gasteiger partial charge in [0.15, 0.2) is 0 Å². The lowest BCUT2D eigenvalue weighted by Gasteiger charge is -2.22. The number of nitrogens with one attached hydrogen (secondary N) is 2. The second-order valence-electron chi connectivity index (χ2n) is 5.07. The van der Waals surface area contributed by atoms with Crippen molar-refractivity contribution in [2.45, 2.75) is 39.0 Å². The van der Waals surface area contributed by atoms with Gasteiger partial charge in [-0.15, -0.1) is 0 Å². The summed E-state index contributed by atoms with van der Waals surface area (Å²) in [7, 11) is 0. The lowest BCUT2D eigenvalue weighted by atomic mass is 9.94. The van der Waals surface area contributed by atoms with Crippen molar-refractivity contribution in [3.05, 3.63) is 0 Å². The van der Waals surface area contributed by atoms with Crippen LogP contribution in [0, 0.1) is 11.8 Å². The van der Waals surface area contributed by atoms with Crippen molar-refractivity contribution < 1.29 is 14.7 Å². The van der Waals surface area contributed by atoms with Crippen LogP contribution in [-0.4, -0.2) is 36.6 Å². The predicted molar refractivity (Wildman–Crippen MR) is 69.3 cm³/mol. The van der Waals surface area contributed by atoms with Crippen molar-refractivity contribution >= 4 is 11.9 Å². The van der Waals surface area contributed by atoms with E-state index in [2.05, 4.69) is 10.6 Å². The standard InChI is InChI=1S/C13H24N2O3/c1-2-10(8-13(17)18)9-15-12(16)7-11-3-5-14-6-4-11/h10-11,14H,2-9H2,1H3,(H,15,16)(H,17,18). The third-order valence-corrected chi connectivity index (χ3v) is 3.56. The first-order valence-corrected chi connectivity index (χ1v) is 6.81. The van der Waals surface area contributed by atoms with Gasteiger partial charge in [0.1, 0.15) is 0 Å². The van der Waals surface area contributed by atoms with Crippen LogP contribution in [0.25, 0.3) is 0 Å². The fourth-order valence-corrected chi connectivity index (χ4v) is 2.29. The van der Waals surface area contributed by atoms with Gasteiger partial charge in [0.25, 0.3) is 0 Å². The molecule has 1 saturated heterocycles. The SMILES string of the molecule is CCC(CNC(=O)CC1CCNCC1)CC(=O)O. The van der Waals surface area contributed by atoms with E-state index in [-0.39, 0.29) is 18.2 Å². The molecular weight excluding hydrogens is 232 g/mol. The van der Waals surface area contributed by atoms with Gasteiger partial charge in [0.2, 0.25) is 5.91 Å². The van der Waals surface area contributed by atoms with E-state index in [0.29, 0.717) is 18.9 Å². The largest absolute Gasteiger partial charge is 0.481 e. The molecule has 0 aliphatic carbocycles. The van der Waals surface area contributed by atoms with E-state index in [1.165, 1.54) is 0 Å². The predicted octanol–water partition coefficient (Wildman–Crippen LogP) is 0.993. The Morgan fingerprint density at radius 2 is 2.06 bits per heavy atom. The summed E-state index contributed by atoms with van der Waals surface area (Å²) in [5, 5.41) is 14.9. The highest BCUT2D eigenvalue weighted by molar-refractivity contribution is 5.76. The topological polar surface area (TPSA) is 78.4 Å². The Morgan fingerprint density at radius 3 is 2.61 bits per heavy atom. The molecule has 0 saturated carbocycles. The molecular formula is C13H24N2O3. The van der Waals surface area contributed by atoms with Crippen LogP contribution in [0.15, 0.2) is 0 Å². The molecule has 104 valence electrons. The van der Waals surface area contributed by atoms with Crippen molar-refractivity contribution in [3.63, 3.8) is 0 Å². The number of carboxylic acid groups (broad SMARTS) is 1. The average molecular weight is 256 g/mol. The molecule has 0 aromatic carbocycles. The number of carbonyl (C=O) groups is 2. The number of aliphatic carboxylic acids is 1. The van der Waals surface area contributed by atoms with E-state index in [4.69, 9.17) is 5.11 Å². The molecule has 5 nitrogen and oxygen atoms in total. The van der Waals surface area contributed by atoms with Crippen LogP contribution >= 0.6 is 0 Å². The summed E-state index contributed by atoms with van der Waals surface area (Å²) in [5.74, 6) is -0.217. The molecule has 1 rings (SSSR count). The third-order valence-electron chi connectivity index (χ3n) is 3.56. The highest BCUT2D eigenvalue weighted by Gasteiger charge is 2.18. The number of carbonyl (C=O) groups excluding carboxylic acids is 1. The molecule has 3 N–H and O–H groups in total. The second-order valence-corrected chi connectivity index (χ2v) is 5.07. The van der Waals surface area contributed by atoms with Crippen LogP contribution in [0.1, 0.15) is 39.0 Å². The fourth-order valence-electron chi connectivity index (χ4n) is 2.29. The van der Waals surface area contributed by atoms with E-state index in [1.54, 1.807) is 0 Å². The molecule has 0 radical (unpaired) electrons. The summed E-state index contributed by atoms with van der Waals surface area (Å²) in [5.41, 5.74) is 0. The van der Waals surface area contributed by atoms with Crippen LogP contribution in [0.3, 0.4) is 0 Å². The zero-order valence-electron chi connectivity index (χ0n) is 11.1. The number of carboxylic acids is 1. The van der Waals surface area contributed by atoms with Crippen LogP contribution in [0.4, 0.5) is 0 Å². The Bertz CT molecular complexity index is 275. The maximum absolute atomic E-state index is 11.7. The first-order valence-electron chi connectivity index (χ1n) is 6.81. The van der Waals surface area contributed by atoms with Crippen LogP contribution in [0.5, 0.6) is 0 Å². The quantitative estimate of drug-likeness (QED) is 0.635. The van der Waals surface area contributed by atoms with Gasteiger partial charge in [-0.1, -0.05) is 13.3 Å². The summed E-state index contributed by atoms with van der Waals surface area (Å²) in [6.45, 7) is 4.42. The number of piperidine rings is 1. The van der Waals surface area contributed by atoms with Gasteiger partial charge in [-0.2, -0.15) is 0 Å². The lowest BCUT2D eigenvalue weighted by molar-refractivity contribution is -0.138. The average Bonchev–Trinajstić information content (AvgIpc) is 2.35. The minimum absolute atomic E-state index is 0.0412. The first kappa shape index (κ1) is 15.0. The monoisotopic (exact) mass is 256 g/mol. The minimum Gasteiger partial charge on any atom is -0.481 e. The van der Waals surface area contributed by atoms with Gasteiger partial charge < -0.3 is 15.7 Å². The van der Waals surface area contributed by atoms with E-state index in [9.17, 15) is 9.59 Å². The molecule has 0 aromatic rings. The van der Waals surface area contributed by atoms with Gasteiger partial charge in [-0.25, -0.2) is 0 Å². The maximum Gasteiger partial charge on any atom is 0.303 e. The molecule has 0 bridgehead atoms. The lowest BCUT2D eigenvalue weighted by Crippen LogP contribution is -2.34. The molecule has 1 aliphatic heterocycles. The highest BCUT2D eigenvalue weighted by Crippen LogP contribution is 2.15. The van der Waals surface area contributed by atoms with Gasteiger partial charge in [-0.05, 0) is 37.8 Å². The highest BCUT2D eigenvalue weighted by atomic mass is 16.4. The van der Waals surface area contributed by atoms with Crippen molar-refractivity contribution in [3.8, 4) is 0 Å². The van der Waals surface area contributed by atoms with Crippen molar-refractivity contribution in [1.82, 2.24) is 10.6 Å². The summed E-state index contributed by atoms with van der Waals surface area (Å²) >= 11 is 0. The number of amides is 1. The van der Waals surface area contributed by atoms with Gasteiger partial charge in [0.05, 0.1) is 0 Å². The van der Waals surface area contributed by atoms with Gasteiger partial charge in [0, 0.05) is 19.4 Å². The van der Waals surface area contributed by atoms with Crippen LogP contribution < -0.4 is 10.6 Å². The molecule has 1 heterocycles. The van der Waals surface area contributed by atoms with Crippen LogP contribution in [0.2, 0.25) is 0 Å². The zero-order valence-corrected chi connectivity index (χ0v) is 11.1.